The highest BCUT2D eigenvalue weighted by molar-refractivity contribution is 7.80. The van der Waals surface area contributed by atoms with E-state index in [-0.39, 0.29) is 16.0 Å². The Kier molecular flexibility index (Phi) is 4.52. The highest BCUT2D eigenvalue weighted by Gasteiger charge is 2.36. The fraction of sp³-hybridized carbons (Fsp3) is 0.0588. The van der Waals surface area contributed by atoms with Crippen molar-refractivity contribution in [2.24, 2.45) is 0 Å². The molecular weight excluding hydrogens is 362 g/mol. The molecule has 0 aromatic heterocycles. The summed E-state index contributed by atoms with van der Waals surface area (Å²) in [7, 11) is 0. The van der Waals surface area contributed by atoms with Gasteiger partial charge in [-0.3, -0.25) is 14.4 Å². The third-order valence-corrected chi connectivity index (χ3v) is 4.06. The van der Waals surface area contributed by atoms with Gasteiger partial charge in [0.2, 0.25) is 5.91 Å². The number of hydrogen-bond donors (Lipinski definition) is 2. The first-order valence-corrected chi connectivity index (χ1v) is 8.03. The van der Waals surface area contributed by atoms with Gasteiger partial charge in [-0.25, -0.2) is 4.90 Å². The molecule has 1 heterocycles. The molecule has 0 fully saturated rings. The van der Waals surface area contributed by atoms with Crippen LogP contribution in [0.4, 0.5) is 11.4 Å². The molecule has 6 nitrogen and oxygen atoms in total. The SMILES string of the molecule is CC(=O)NC(=S)Nc1ccc(N2C(=O)c3ccccc3C2=O)cc1Cl. The molecule has 2 aromatic rings. The van der Waals surface area contributed by atoms with Crippen LogP contribution in [0.3, 0.4) is 0 Å². The minimum Gasteiger partial charge on any atom is -0.331 e. The summed E-state index contributed by atoms with van der Waals surface area (Å²) in [5.41, 5.74) is 1.52. The molecule has 126 valence electrons. The number of imide groups is 1. The van der Waals surface area contributed by atoms with Crippen molar-refractivity contribution in [3.05, 3.63) is 58.6 Å². The maximum Gasteiger partial charge on any atom is 0.266 e. The average molecular weight is 374 g/mol. The van der Waals surface area contributed by atoms with Gasteiger partial charge in [-0.1, -0.05) is 23.7 Å². The number of rotatable bonds is 2. The zero-order valence-electron chi connectivity index (χ0n) is 13.0. The summed E-state index contributed by atoms with van der Waals surface area (Å²) in [5, 5.41) is 5.55. The van der Waals surface area contributed by atoms with Crippen LogP contribution in [0.5, 0.6) is 0 Å². The maximum absolute atomic E-state index is 12.5. The lowest BCUT2D eigenvalue weighted by atomic mass is 10.1. The van der Waals surface area contributed by atoms with E-state index in [1.54, 1.807) is 36.4 Å². The topological polar surface area (TPSA) is 78.5 Å². The Hall–Kier alpha value is -2.77. The fourth-order valence-electron chi connectivity index (χ4n) is 2.48. The van der Waals surface area contributed by atoms with Gasteiger partial charge in [0.05, 0.1) is 27.5 Å². The molecule has 0 radical (unpaired) electrons. The number of nitrogens with zero attached hydrogens (tertiary/aromatic N) is 1. The number of thiocarbonyl (C=S) groups is 1. The number of anilines is 2. The van der Waals surface area contributed by atoms with Crippen molar-refractivity contribution in [3.8, 4) is 0 Å². The molecule has 0 unspecified atom stereocenters. The number of nitrogens with one attached hydrogen (secondary N) is 2. The Morgan fingerprint density at radius 1 is 1.08 bits per heavy atom. The lowest BCUT2D eigenvalue weighted by Gasteiger charge is -2.16. The predicted molar refractivity (Wildman–Crippen MR) is 99.1 cm³/mol. The van der Waals surface area contributed by atoms with Crippen LogP contribution in [0, 0.1) is 0 Å². The van der Waals surface area contributed by atoms with Gasteiger partial charge in [-0.05, 0) is 42.5 Å². The summed E-state index contributed by atoms with van der Waals surface area (Å²) in [6.45, 7) is 1.33. The second kappa shape index (κ2) is 6.62. The number of hydrogen-bond acceptors (Lipinski definition) is 4. The Morgan fingerprint density at radius 3 is 2.20 bits per heavy atom. The largest absolute Gasteiger partial charge is 0.331 e. The van der Waals surface area contributed by atoms with Crippen LogP contribution in [0.2, 0.25) is 5.02 Å². The summed E-state index contributed by atoms with van der Waals surface area (Å²) in [6.07, 6.45) is 0. The van der Waals surface area contributed by atoms with Crippen molar-refractivity contribution in [2.45, 2.75) is 6.92 Å². The third kappa shape index (κ3) is 3.24. The van der Waals surface area contributed by atoms with E-state index in [1.807, 2.05) is 0 Å². The molecule has 0 spiro atoms. The van der Waals surface area contributed by atoms with Crippen LogP contribution >= 0.6 is 23.8 Å². The molecule has 25 heavy (non-hydrogen) atoms. The number of fused-ring (bicyclic) bond motifs is 1. The molecular formula is C17H12ClN3O3S. The molecule has 3 amide bonds. The molecule has 2 N–H and O–H groups in total. The summed E-state index contributed by atoms with van der Waals surface area (Å²) in [4.78, 5) is 37.0. The van der Waals surface area contributed by atoms with Crippen LogP contribution in [0.25, 0.3) is 0 Å². The highest BCUT2D eigenvalue weighted by atomic mass is 35.5. The molecule has 0 saturated heterocycles. The number of carbonyl (C=O) groups is 3. The summed E-state index contributed by atoms with van der Waals surface area (Å²) in [6, 6.07) is 11.3. The average Bonchev–Trinajstić information content (AvgIpc) is 2.81. The fourth-order valence-corrected chi connectivity index (χ4v) is 2.96. The third-order valence-electron chi connectivity index (χ3n) is 3.54. The molecule has 3 rings (SSSR count). The van der Waals surface area contributed by atoms with E-state index in [9.17, 15) is 14.4 Å². The van der Waals surface area contributed by atoms with E-state index in [1.165, 1.54) is 13.0 Å². The molecule has 0 aliphatic carbocycles. The van der Waals surface area contributed by atoms with Crippen LogP contribution < -0.4 is 15.5 Å². The summed E-state index contributed by atoms with van der Waals surface area (Å²) >= 11 is 11.2. The molecule has 2 aromatic carbocycles. The summed E-state index contributed by atoms with van der Waals surface area (Å²) in [5.74, 6) is -1.10. The number of carbonyl (C=O) groups excluding carboxylic acids is 3. The van der Waals surface area contributed by atoms with Crippen molar-refractivity contribution in [2.75, 3.05) is 10.2 Å². The minimum absolute atomic E-state index is 0.0999. The molecule has 8 heteroatoms. The van der Waals surface area contributed by atoms with Crippen LogP contribution in [0.15, 0.2) is 42.5 Å². The van der Waals surface area contributed by atoms with Crippen LogP contribution in [-0.4, -0.2) is 22.8 Å². The normalized spacial score (nSPS) is 12.8. The van der Waals surface area contributed by atoms with Gasteiger partial charge >= 0.3 is 0 Å². The van der Waals surface area contributed by atoms with Crippen LogP contribution in [-0.2, 0) is 4.79 Å². The van der Waals surface area contributed by atoms with Gasteiger partial charge in [0.25, 0.3) is 11.8 Å². The molecule has 0 bridgehead atoms. The van der Waals surface area contributed by atoms with Crippen molar-refractivity contribution >= 4 is 58.0 Å². The Labute approximate surface area is 153 Å². The van der Waals surface area contributed by atoms with Crippen molar-refractivity contribution < 1.29 is 14.4 Å². The molecule has 1 aliphatic rings. The first-order chi connectivity index (χ1) is 11.9. The number of amides is 3. The second-order valence-electron chi connectivity index (χ2n) is 5.29. The van der Waals surface area contributed by atoms with Gasteiger partial charge < -0.3 is 10.6 Å². The zero-order valence-corrected chi connectivity index (χ0v) is 14.6. The lowest BCUT2D eigenvalue weighted by molar-refractivity contribution is -0.117. The second-order valence-corrected chi connectivity index (χ2v) is 6.11. The quantitative estimate of drug-likeness (QED) is 0.625. The van der Waals surface area contributed by atoms with E-state index in [4.69, 9.17) is 23.8 Å². The van der Waals surface area contributed by atoms with Crippen molar-refractivity contribution in [3.63, 3.8) is 0 Å². The van der Waals surface area contributed by atoms with E-state index in [0.717, 1.165) is 4.90 Å². The predicted octanol–water partition coefficient (Wildman–Crippen LogP) is 2.97. The first kappa shape index (κ1) is 17.1. The smallest absolute Gasteiger partial charge is 0.266 e. The number of halogens is 1. The Bertz CT molecular complexity index is 894. The van der Waals surface area contributed by atoms with E-state index < -0.39 is 11.8 Å². The standard InChI is InChI=1S/C17H12ClN3O3S/c1-9(22)19-17(25)20-14-7-6-10(8-13(14)18)21-15(23)11-4-2-3-5-12(11)16(21)24/h2-8H,1H3,(H2,19,20,22,25). The van der Waals surface area contributed by atoms with Gasteiger partial charge in [-0.2, -0.15) is 0 Å². The Morgan fingerprint density at radius 2 is 1.68 bits per heavy atom. The van der Waals surface area contributed by atoms with Gasteiger partial charge in [0.1, 0.15) is 0 Å². The van der Waals surface area contributed by atoms with E-state index in [0.29, 0.717) is 22.5 Å². The number of benzene rings is 2. The minimum atomic E-state index is -0.397. The zero-order chi connectivity index (χ0) is 18.1. The summed E-state index contributed by atoms with van der Waals surface area (Å²) < 4.78 is 0. The molecule has 0 atom stereocenters. The van der Waals surface area contributed by atoms with Gasteiger partial charge in [0, 0.05) is 6.92 Å². The van der Waals surface area contributed by atoms with Gasteiger partial charge in [0.15, 0.2) is 5.11 Å². The lowest BCUT2D eigenvalue weighted by Crippen LogP contribution is -2.32. The molecule has 0 saturated carbocycles. The van der Waals surface area contributed by atoms with Gasteiger partial charge in [-0.15, -0.1) is 0 Å². The maximum atomic E-state index is 12.5. The van der Waals surface area contributed by atoms with Crippen molar-refractivity contribution in [1.29, 1.82) is 0 Å². The van der Waals surface area contributed by atoms with Crippen molar-refractivity contribution in [1.82, 2.24) is 5.32 Å². The van der Waals surface area contributed by atoms with E-state index >= 15 is 0 Å². The monoisotopic (exact) mass is 373 g/mol. The molecule has 1 aliphatic heterocycles. The first-order valence-electron chi connectivity index (χ1n) is 7.24. The van der Waals surface area contributed by atoms with E-state index in [2.05, 4.69) is 10.6 Å². The Balaban J connectivity index is 1.87. The highest BCUT2D eigenvalue weighted by Crippen LogP contribution is 2.32. The van der Waals surface area contributed by atoms with Crippen LogP contribution in [0.1, 0.15) is 27.6 Å².